The second-order valence-corrected chi connectivity index (χ2v) is 14.3. The Kier molecular flexibility index (Phi) is 9.05. The summed E-state index contributed by atoms with van der Waals surface area (Å²) in [7, 11) is 0. The number of halogens is 6. The lowest BCUT2D eigenvalue weighted by molar-refractivity contribution is -0.143. The molecule has 9 nitrogen and oxygen atoms in total. The van der Waals surface area contributed by atoms with Crippen molar-refractivity contribution in [3.63, 3.8) is 0 Å². The van der Waals surface area contributed by atoms with Crippen molar-refractivity contribution in [3.8, 4) is 0 Å². The molecule has 0 aliphatic heterocycles. The molecular weight excluding hydrogens is 650 g/mol. The minimum absolute atomic E-state index is 0.00632. The second-order valence-electron chi connectivity index (χ2n) is 14.3. The number of hydrogen-bond donors (Lipinski definition) is 2. The summed E-state index contributed by atoms with van der Waals surface area (Å²) in [5.74, 6) is 1.74. The van der Waals surface area contributed by atoms with Crippen molar-refractivity contribution >= 4 is 22.8 Å². The van der Waals surface area contributed by atoms with Gasteiger partial charge in [-0.3, -0.25) is 0 Å². The van der Waals surface area contributed by atoms with Crippen LogP contribution in [0.15, 0.2) is 36.7 Å². The van der Waals surface area contributed by atoms with Gasteiger partial charge in [0.1, 0.15) is 12.0 Å². The molecule has 4 aromatic rings. The number of aryl methyl sites for hydroxylation is 1. The normalized spacial score (nSPS) is 16.3. The number of rotatable bonds is 11. The maximum absolute atomic E-state index is 13.8. The zero-order valence-corrected chi connectivity index (χ0v) is 27.8. The first-order valence-electron chi connectivity index (χ1n) is 16.3. The van der Waals surface area contributed by atoms with Crippen LogP contribution in [0.3, 0.4) is 0 Å². The summed E-state index contributed by atoms with van der Waals surface area (Å²) in [6.07, 6.45) is -4.41. The number of alkyl halides is 6. The van der Waals surface area contributed by atoms with Gasteiger partial charge in [-0.15, -0.1) is 0 Å². The Morgan fingerprint density at radius 1 is 0.857 bits per heavy atom. The molecule has 15 heteroatoms. The topological polar surface area (TPSA) is 109 Å². The van der Waals surface area contributed by atoms with Crippen molar-refractivity contribution in [1.29, 1.82) is 0 Å². The van der Waals surface area contributed by atoms with E-state index in [0.717, 1.165) is 49.9 Å². The smallest absolute Gasteiger partial charge is 0.374 e. The van der Waals surface area contributed by atoms with Gasteiger partial charge in [-0.05, 0) is 95.0 Å². The van der Waals surface area contributed by atoms with Crippen LogP contribution in [0, 0.1) is 18.8 Å². The fourth-order valence-corrected chi connectivity index (χ4v) is 5.93. The van der Waals surface area contributed by atoms with Gasteiger partial charge >= 0.3 is 12.4 Å². The Labute approximate surface area is 280 Å². The molecule has 2 saturated carbocycles. The average molecular weight is 691 g/mol. The molecule has 0 saturated heterocycles. The molecule has 0 radical (unpaired) electrons. The first-order chi connectivity index (χ1) is 22.9. The fourth-order valence-electron chi connectivity index (χ4n) is 5.93. The number of benzene rings is 1. The van der Waals surface area contributed by atoms with E-state index >= 15 is 0 Å². The van der Waals surface area contributed by atoms with E-state index in [4.69, 9.17) is 15.8 Å². The van der Waals surface area contributed by atoms with Gasteiger partial charge in [0.25, 0.3) is 0 Å². The first-order valence-corrected chi connectivity index (χ1v) is 16.3. The highest BCUT2D eigenvalue weighted by Gasteiger charge is 2.37. The summed E-state index contributed by atoms with van der Waals surface area (Å²) in [5, 5.41) is 15.4. The molecule has 0 amide bonds. The highest BCUT2D eigenvalue weighted by molar-refractivity contribution is 5.82. The number of pyridine rings is 1. The number of aliphatic hydroxyl groups is 1. The summed E-state index contributed by atoms with van der Waals surface area (Å²) in [4.78, 5) is 17.7. The van der Waals surface area contributed by atoms with Crippen LogP contribution < -0.4 is 15.5 Å². The van der Waals surface area contributed by atoms with Crippen LogP contribution in [0.5, 0.6) is 0 Å². The lowest BCUT2D eigenvalue weighted by Gasteiger charge is -2.30. The quantitative estimate of drug-likeness (QED) is 0.127. The van der Waals surface area contributed by atoms with E-state index in [9.17, 15) is 31.4 Å². The zero-order valence-electron chi connectivity index (χ0n) is 27.8. The van der Waals surface area contributed by atoms with Crippen LogP contribution in [0.4, 0.5) is 38.1 Å². The highest BCUT2D eigenvalue weighted by Crippen LogP contribution is 2.40. The average Bonchev–Trinajstić information content (AvgIpc) is 3.95. The maximum Gasteiger partial charge on any atom is 0.416 e. The minimum atomic E-state index is -5.00. The van der Waals surface area contributed by atoms with Crippen molar-refractivity contribution in [2.45, 2.75) is 90.6 Å². The molecule has 2 aliphatic carbocycles. The van der Waals surface area contributed by atoms with Crippen LogP contribution in [0.25, 0.3) is 11.0 Å². The third-order valence-electron chi connectivity index (χ3n) is 8.85. The number of anilines is 2. The van der Waals surface area contributed by atoms with Crippen LogP contribution >= 0.6 is 0 Å². The van der Waals surface area contributed by atoms with E-state index in [1.807, 2.05) is 38.4 Å². The van der Waals surface area contributed by atoms with Crippen LogP contribution in [-0.2, 0) is 31.0 Å². The summed E-state index contributed by atoms with van der Waals surface area (Å²) < 4.78 is 84.9. The largest absolute Gasteiger partial charge is 0.416 e. The Balaban J connectivity index is 1.50. The van der Waals surface area contributed by atoms with Gasteiger partial charge in [-0.25, -0.2) is 19.6 Å². The lowest BCUT2D eigenvalue weighted by atomic mass is 10.0. The van der Waals surface area contributed by atoms with Gasteiger partial charge in [0, 0.05) is 55.1 Å². The molecule has 1 atom stereocenters. The van der Waals surface area contributed by atoms with E-state index in [-0.39, 0.29) is 41.8 Å². The van der Waals surface area contributed by atoms with Crippen molar-refractivity contribution < 1.29 is 31.4 Å². The molecule has 0 spiro atoms. The third kappa shape index (κ3) is 8.09. The van der Waals surface area contributed by atoms with Crippen molar-refractivity contribution in [1.82, 2.24) is 24.7 Å². The van der Waals surface area contributed by atoms with Crippen LogP contribution in [0.1, 0.15) is 86.2 Å². The number of nitrogens with two attached hydrogens (primary N) is 1. The van der Waals surface area contributed by atoms with Crippen LogP contribution in [0.2, 0.25) is 0 Å². The number of aliphatic hydroxyl groups excluding tert-OH is 1. The van der Waals surface area contributed by atoms with E-state index < -0.39 is 29.7 Å². The highest BCUT2D eigenvalue weighted by atomic mass is 19.4. The van der Waals surface area contributed by atoms with E-state index in [0.29, 0.717) is 41.0 Å². The molecule has 3 aromatic heterocycles. The predicted molar refractivity (Wildman–Crippen MR) is 172 cm³/mol. The van der Waals surface area contributed by atoms with Gasteiger partial charge < -0.3 is 20.6 Å². The predicted octanol–water partition coefficient (Wildman–Crippen LogP) is 7.11. The Morgan fingerprint density at radius 3 is 1.88 bits per heavy atom. The van der Waals surface area contributed by atoms with Gasteiger partial charge in [0.05, 0.1) is 22.4 Å². The molecule has 2 aliphatic rings. The molecule has 3 N–H and O–H groups in total. The maximum atomic E-state index is 13.8. The summed E-state index contributed by atoms with van der Waals surface area (Å²) in [6, 6.07) is 3.51. The van der Waals surface area contributed by atoms with Crippen molar-refractivity contribution in [2.24, 2.45) is 17.6 Å². The SMILES string of the molecule is Cc1nn(C(C)(C)C)c2nc(N(CC3CC3)CC3CC3)c(CN(Cc3cc(C(F)(F)F)cc(C(F)(F)F)c3)c3ncc(C(N)O)cn3)cc12. The number of fused-ring (bicyclic) bond motifs is 1. The lowest BCUT2D eigenvalue weighted by Crippen LogP contribution is -2.32. The van der Waals surface area contributed by atoms with Crippen molar-refractivity contribution in [3.05, 3.63) is 70.2 Å². The zero-order chi connectivity index (χ0) is 35.5. The molecule has 2 fully saturated rings. The molecule has 1 aromatic carbocycles. The van der Waals surface area contributed by atoms with Gasteiger partial charge in [0.15, 0.2) is 5.65 Å². The second kappa shape index (κ2) is 12.7. The van der Waals surface area contributed by atoms with E-state index in [2.05, 4.69) is 14.9 Å². The third-order valence-corrected chi connectivity index (χ3v) is 8.85. The monoisotopic (exact) mass is 690 g/mol. The number of hydrogen-bond acceptors (Lipinski definition) is 8. The Morgan fingerprint density at radius 2 is 1.41 bits per heavy atom. The Hall–Kier alpha value is -3.98. The fraction of sp³-hybridized carbons (Fsp3) is 0.529. The van der Waals surface area contributed by atoms with Crippen molar-refractivity contribution in [2.75, 3.05) is 22.9 Å². The van der Waals surface area contributed by atoms with E-state index in [1.54, 1.807) is 0 Å². The first kappa shape index (κ1) is 34.9. The summed E-state index contributed by atoms with van der Waals surface area (Å²) in [5.41, 5.74) is 4.47. The molecule has 49 heavy (non-hydrogen) atoms. The van der Waals surface area contributed by atoms with Gasteiger partial charge in [-0.2, -0.15) is 31.4 Å². The molecule has 3 heterocycles. The molecule has 6 rings (SSSR count). The summed E-state index contributed by atoms with van der Waals surface area (Å²) >= 11 is 0. The number of aromatic nitrogens is 5. The van der Waals surface area contributed by atoms with Crippen LogP contribution in [-0.4, -0.2) is 42.9 Å². The van der Waals surface area contributed by atoms with Gasteiger partial charge in [0.2, 0.25) is 5.95 Å². The molecular formula is C34H40F6N8O. The molecule has 1 unspecified atom stereocenters. The molecule has 0 bridgehead atoms. The van der Waals surface area contributed by atoms with Gasteiger partial charge in [-0.1, -0.05) is 0 Å². The minimum Gasteiger partial charge on any atom is -0.374 e. The Bertz CT molecular complexity index is 1760. The molecule has 264 valence electrons. The summed E-state index contributed by atoms with van der Waals surface area (Å²) in [6.45, 7) is 9.16. The van der Waals surface area contributed by atoms with E-state index in [1.165, 1.54) is 17.3 Å². The standard InChI is InChI=1S/C34H40F6N8O/c1-19-27-11-23(29(44-30(27)48(45-19)32(2,3)4)46(15-20-5-6-20)16-21-7-8-21)18-47(31-42-13-24(14-43-31)28(41)49)17-22-9-25(33(35,36)37)12-26(10-22)34(38,39)40/h9-14,20-21,28,49H,5-8,15-18,41H2,1-4H3. The number of nitrogens with zero attached hydrogens (tertiary/aromatic N) is 7.